The molecule has 134 valence electrons. The maximum Gasteiger partial charge on any atom is 0.241 e. The van der Waals surface area contributed by atoms with E-state index in [1.807, 2.05) is 25.1 Å². The van der Waals surface area contributed by atoms with Crippen molar-refractivity contribution in [1.82, 2.24) is 9.80 Å². The van der Waals surface area contributed by atoms with Crippen LogP contribution < -0.4 is 5.32 Å². The van der Waals surface area contributed by atoms with Gasteiger partial charge in [-0.3, -0.25) is 14.6 Å². The third kappa shape index (κ3) is 5.19. The van der Waals surface area contributed by atoms with Gasteiger partial charge in [0.2, 0.25) is 5.91 Å². The van der Waals surface area contributed by atoms with E-state index in [9.17, 15) is 4.79 Å². The molecule has 1 amide bonds. The first kappa shape index (κ1) is 18.7. The minimum absolute atomic E-state index is 0.0146. The molecule has 1 atom stereocenters. The Bertz CT molecular complexity index is 711. The van der Waals surface area contributed by atoms with Crippen LogP contribution in [0.5, 0.6) is 0 Å². The van der Waals surface area contributed by atoms with Crippen LogP contribution >= 0.6 is 34.5 Å². The number of hydrogen-bond donors (Lipinski definition) is 1. The molecule has 1 aliphatic rings. The molecule has 2 aromatic rings. The van der Waals surface area contributed by atoms with Crippen LogP contribution in [0.4, 0.5) is 5.69 Å². The third-order valence-corrected chi connectivity index (χ3v) is 5.92. The smallest absolute Gasteiger partial charge is 0.241 e. The minimum Gasteiger partial charge on any atom is -0.325 e. The van der Waals surface area contributed by atoms with Gasteiger partial charge in [0, 0.05) is 48.3 Å². The summed E-state index contributed by atoms with van der Waals surface area (Å²) in [6.07, 6.45) is 0. The first-order valence-corrected chi connectivity index (χ1v) is 9.85. The van der Waals surface area contributed by atoms with Crippen LogP contribution in [0, 0.1) is 0 Å². The summed E-state index contributed by atoms with van der Waals surface area (Å²) < 4.78 is 0.834. The van der Waals surface area contributed by atoms with Crippen molar-refractivity contribution < 1.29 is 4.79 Å². The maximum atomic E-state index is 12.5. The lowest BCUT2D eigenvalue weighted by Crippen LogP contribution is -2.52. The standard InChI is InChI=1S/C18H21Cl2N3OS/c1-13(18(24)21-15-4-2-14(19)3-5-15)23-10-8-22(9-11-23)12-16-6-7-17(20)25-16/h2-7,13H,8-12H2,1H3,(H,21,24). The quantitative estimate of drug-likeness (QED) is 0.820. The Morgan fingerprint density at radius 2 is 1.80 bits per heavy atom. The molecule has 1 fully saturated rings. The molecule has 0 radical (unpaired) electrons. The van der Waals surface area contributed by atoms with E-state index in [0.29, 0.717) is 5.02 Å². The normalized spacial score (nSPS) is 17.4. The van der Waals surface area contributed by atoms with Gasteiger partial charge < -0.3 is 5.32 Å². The fourth-order valence-electron chi connectivity index (χ4n) is 2.91. The topological polar surface area (TPSA) is 35.6 Å². The van der Waals surface area contributed by atoms with Crippen LogP contribution in [-0.2, 0) is 11.3 Å². The predicted octanol–water partition coefficient (Wildman–Crippen LogP) is 4.20. The summed E-state index contributed by atoms with van der Waals surface area (Å²) in [5.41, 5.74) is 0.773. The van der Waals surface area contributed by atoms with E-state index in [4.69, 9.17) is 23.2 Å². The van der Waals surface area contributed by atoms with Crippen LogP contribution in [0.2, 0.25) is 9.36 Å². The van der Waals surface area contributed by atoms with Crippen molar-refractivity contribution in [3.8, 4) is 0 Å². The van der Waals surface area contributed by atoms with Crippen molar-refractivity contribution in [2.24, 2.45) is 0 Å². The second-order valence-electron chi connectivity index (χ2n) is 6.19. The zero-order chi connectivity index (χ0) is 17.8. The Labute approximate surface area is 162 Å². The van der Waals surface area contributed by atoms with Gasteiger partial charge in [-0.1, -0.05) is 23.2 Å². The van der Waals surface area contributed by atoms with Crippen LogP contribution in [0.1, 0.15) is 11.8 Å². The molecule has 1 unspecified atom stereocenters. The van der Waals surface area contributed by atoms with Gasteiger partial charge >= 0.3 is 0 Å². The third-order valence-electron chi connectivity index (χ3n) is 4.45. The number of thiophene rings is 1. The summed E-state index contributed by atoms with van der Waals surface area (Å²) >= 11 is 13.5. The Hall–Kier alpha value is -1.11. The van der Waals surface area contributed by atoms with E-state index in [2.05, 4.69) is 21.2 Å². The molecule has 2 heterocycles. The number of amides is 1. The molecule has 0 bridgehead atoms. The van der Waals surface area contributed by atoms with Gasteiger partial charge in [-0.25, -0.2) is 0 Å². The molecule has 4 nitrogen and oxygen atoms in total. The molecule has 1 saturated heterocycles. The molecule has 1 aliphatic heterocycles. The molecule has 7 heteroatoms. The molecular formula is C18H21Cl2N3OS. The van der Waals surface area contributed by atoms with Gasteiger partial charge in [-0.05, 0) is 43.3 Å². The van der Waals surface area contributed by atoms with Gasteiger partial charge in [-0.15, -0.1) is 11.3 Å². The van der Waals surface area contributed by atoms with Crippen LogP contribution in [0.15, 0.2) is 36.4 Å². The monoisotopic (exact) mass is 397 g/mol. The Morgan fingerprint density at radius 1 is 1.12 bits per heavy atom. The largest absolute Gasteiger partial charge is 0.325 e. The number of benzene rings is 1. The van der Waals surface area contributed by atoms with Gasteiger partial charge in [0.1, 0.15) is 0 Å². The Kier molecular flexibility index (Phi) is 6.36. The summed E-state index contributed by atoms with van der Waals surface area (Å²) in [5.74, 6) is 0.0146. The number of nitrogens with zero attached hydrogens (tertiary/aromatic N) is 2. The molecule has 1 N–H and O–H groups in total. The molecular weight excluding hydrogens is 377 g/mol. The number of hydrogen-bond acceptors (Lipinski definition) is 4. The van der Waals surface area contributed by atoms with Crippen LogP contribution in [-0.4, -0.2) is 47.9 Å². The van der Waals surface area contributed by atoms with Crippen molar-refractivity contribution in [2.45, 2.75) is 19.5 Å². The zero-order valence-electron chi connectivity index (χ0n) is 14.0. The van der Waals surface area contributed by atoms with Gasteiger partial charge in [0.05, 0.1) is 10.4 Å². The summed E-state index contributed by atoms with van der Waals surface area (Å²) in [4.78, 5) is 18.4. The Balaban J connectivity index is 1.48. The van der Waals surface area contributed by atoms with Gasteiger partial charge in [0.25, 0.3) is 0 Å². The Morgan fingerprint density at radius 3 is 2.40 bits per heavy atom. The maximum absolute atomic E-state index is 12.5. The SMILES string of the molecule is CC(C(=O)Nc1ccc(Cl)cc1)N1CCN(Cc2ccc(Cl)s2)CC1. The number of halogens is 2. The van der Waals surface area contributed by atoms with Crippen molar-refractivity contribution in [3.63, 3.8) is 0 Å². The molecule has 1 aromatic carbocycles. The predicted molar refractivity (Wildman–Crippen MR) is 106 cm³/mol. The fourth-order valence-corrected chi connectivity index (χ4v) is 4.17. The van der Waals surface area contributed by atoms with Crippen molar-refractivity contribution in [2.75, 3.05) is 31.5 Å². The van der Waals surface area contributed by atoms with E-state index in [0.717, 1.165) is 42.7 Å². The number of nitrogens with one attached hydrogen (secondary N) is 1. The number of piperazine rings is 1. The van der Waals surface area contributed by atoms with Crippen molar-refractivity contribution in [3.05, 3.63) is 50.6 Å². The lowest BCUT2D eigenvalue weighted by Gasteiger charge is -2.37. The zero-order valence-corrected chi connectivity index (χ0v) is 16.4. The molecule has 25 heavy (non-hydrogen) atoms. The fraction of sp³-hybridized carbons (Fsp3) is 0.389. The van der Waals surface area contributed by atoms with E-state index in [-0.39, 0.29) is 11.9 Å². The highest BCUT2D eigenvalue weighted by Crippen LogP contribution is 2.23. The summed E-state index contributed by atoms with van der Waals surface area (Å²) in [7, 11) is 0. The van der Waals surface area contributed by atoms with Crippen molar-refractivity contribution in [1.29, 1.82) is 0 Å². The van der Waals surface area contributed by atoms with Gasteiger partial charge in [-0.2, -0.15) is 0 Å². The van der Waals surface area contributed by atoms with Crippen molar-refractivity contribution >= 4 is 46.1 Å². The summed E-state index contributed by atoms with van der Waals surface area (Å²) in [6, 6.07) is 11.1. The number of rotatable bonds is 5. The van der Waals surface area contributed by atoms with Crippen LogP contribution in [0.25, 0.3) is 0 Å². The van der Waals surface area contributed by atoms with E-state index in [1.165, 1.54) is 4.88 Å². The van der Waals surface area contributed by atoms with E-state index >= 15 is 0 Å². The summed E-state index contributed by atoms with van der Waals surface area (Å²) in [6.45, 7) is 6.56. The minimum atomic E-state index is -0.158. The van der Waals surface area contributed by atoms with Crippen LogP contribution in [0.3, 0.4) is 0 Å². The van der Waals surface area contributed by atoms with Gasteiger partial charge in [0.15, 0.2) is 0 Å². The number of carbonyl (C=O) groups is 1. The molecule has 0 spiro atoms. The first-order chi connectivity index (χ1) is 12.0. The van der Waals surface area contributed by atoms with E-state index < -0.39 is 0 Å². The second-order valence-corrected chi connectivity index (χ2v) is 8.43. The second kappa shape index (κ2) is 8.52. The lowest BCUT2D eigenvalue weighted by atomic mass is 10.2. The molecule has 3 rings (SSSR count). The number of carbonyl (C=O) groups excluding carboxylic acids is 1. The first-order valence-electron chi connectivity index (χ1n) is 8.28. The average Bonchev–Trinajstić information content (AvgIpc) is 3.02. The molecule has 0 saturated carbocycles. The highest BCUT2D eigenvalue weighted by atomic mass is 35.5. The lowest BCUT2D eigenvalue weighted by molar-refractivity contribution is -0.121. The molecule has 1 aromatic heterocycles. The molecule has 0 aliphatic carbocycles. The number of anilines is 1. The van der Waals surface area contributed by atoms with E-state index in [1.54, 1.807) is 23.5 Å². The average molecular weight is 398 g/mol. The summed E-state index contributed by atoms with van der Waals surface area (Å²) in [5, 5.41) is 3.62. The highest BCUT2D eigenvalue weighted by molar-refractivity contribution is 7.16. The highest BCUT2D eigenvalue weighted by Gasteiger charge is 2.25.